The molecular formula is C18H20F3N3OS. The van der Waals surface area contributed by atoms with Gasteiger partial charge in [-0.1, -0.05) is 24.3 Å². The van der Waals surface area contributed by atoms with Gasteiger partial charge in [-0.25, -0.2) is 4.98 Å². The molecule has 0 atom stereocenters. The van der Waals surface area contributed by atoms with Gasteiger partial charge < -0.3 is 4.90 Å². The lowest BCUT2D eigenvalue weighted by Gasteiger charge is -2.42. The van der Waals surface area contributed by atoms with E-state index in [0.29, 0.717) is 15.9 Å². The minimum Gasteiger partial charge on any atom is -0.304 e. The monoisotopic (exact) mass is 383 g/mol. The van der Waals surface area contributed by atoms with Crippen molar-refractivity contribution in [3.05, 3.63) is 40.9 Å². The summed E-state index contributed by atoms with van der Waals surface area (Å²) < 4.78 is 37.0. The number of likely N-dealkylation sites (tertiary alicyclic amines) is 1. The molecule has 4 nitrogen and oxygen atoms in total. The second-order valence-electron chi connectivity index (χ2n) is 6.74. The fraction of sp³-hybridized carbons (Fsp3) is 0.444. The van der Waals surface area contributed by atoms with Crippen LogP contribution in [0.25, 0.3) is 10.6 Å². The molecule has 0 radical (unpaired) electrons. The summed E-state index contributed by atoms with van der Waals surface area (Å²) in [5.41, 5.74) is 2.04. The molecule has 3 rings (SSSR count). The van der Waals surface area contributed by atoms with Crippen LogP contribution in [-0.4, -0.2) is 60.0 Å². The summed E-state index contributed by atoms with van der Waals surface area (Å²) >= 11 is 1.12. The van der Waals surface area contributed by atoms with E-state index in [-0.39, 0.29) is 0 Å². The van der Waals surface area contributed by atoms with Gasteiger partial charge in [-0.15, -0.1) is 11.3 Å². The molecule has 0 aliphatic carbocycles. The van der Waals surface area contributed by atoms with Crippen LogP contribution >= 0.6 is 11.3 Å². The Kier molecular flexibility index (Phi) is 5.45. The van der Waals surface area contributed by atoms with Crippen molar-refractivity contribution >= 4 is 17.1 Å². The molecule has 8 heteroatoms. The Balaban J connectivity index is 1.58. The topological polar surface area (TPSA) is 36.4 Å². The maximum absolute atomic E-state index is 12.3. The van der Waals surface area contributed by atoms with Gasteiger partial charge >= 0.3 is 6.18 Å². The Labute approximate surface area is 154 Å². The highest BCUT2D eigenvalue weighted by molar-refractivity contribution is 7.15. The van der Waals surface area contributed by atoms with E-state index < -0.39 is 18.4 Å². The molecule has 26 heavy (non-hydrogen) atoms. The number of halogens is 3. The average molecular weight is 383 g/mol. The highest BCUT2D eigenvalue weighted by Crippen LogP contribution is 2.28. The van der Waals surface area contributed by atoms with Gasteiger partial charge in [-0.3, -0.25) is 9.69 Å². The summed E-state index contributed by atoms with van der Waals surface area (Å²) in [7, 11) is 4.17. The lowest BCUT2D eigenvalue weighted by atomic mass is 10.1. The van der Waals surface area contributed by atoms with Crippen molar-refractivity contribution in [3.8, 4) is 10.6 Å². The molecule has 0 N–H and O–H groups in total. The number of hydrogen-bond acceptors (Lipinski definition) is 5. The zero-order valence-corrected chi connectivity index (χ0v) is 15.4. The molecule has 0 amide bonds. The van der Waals surface area contributed by atoms with E-state index in [9.17, 15) is 18.0 Å². The number of Topliss-reactive ketones (excluding diaryl/α,β-unsaturated/α-hetero) is 1. The quantitative estimate of drug-likeness (QED) is 0.768. The predicted octanol–water partition coefficient (Wildman–Crippen LogP) is 3.23. The zero-order valence-electron chi connectivity index (χ0n) is 14.6. The zero-order chi connectivity index (χ0) is 18.9. The van der Waals surface area contributed by atoms with E-state index in [1.165, 1.54) is 11.8 Å². The van der Waals surface area contributed by atoms with E-state index in [4.69, 9.17) is 0 Å². The molecule has 2 heterocycles. The third-order valence-corrected chi connectivity index (χ3v) is 5.53. The maximum atomic E-state index is 12.3. The van der Waals surface area contributed by atoms with E-state index in [0.717, 1.165) is 36.5 Å². The molecule has 0 spiro atoms. The van der Waals surface area contributed by atoms with Gasteiger partial charge in [0.1, 0.15) is 5.01 Å². The molecular weight excluding hydrogens is 363 g/mol. The summed E-state index contributed by atoms with van der Waals surface area (Å²) in [5, 5.41) is 0.623. The van der Waals surface area contributed by atoms with Crippen LogP contribution < -0.4 is 0 Å². The van der Waals surface area contributed by atoms with Crippen molar-refractivity contribution in [3.63, 3.8) is 0 Å². The summed E-state index contributed by atoms with van der Waals surface area (Å²) in [6, 6.07) is 8.49. The number of carbonyl (C=O) groups excluding carboxylic acids is 1. The molecule has 2 aromatic rings. The molecule has 1 aromatic carbocycles. The lowest BCUT2D eigenvalue weighted by molar-refractivity contribution is -0.170. The summed E-state index contributed by atoms with van der Waals surface area (Å²) in [6.07, 6.45) is -4.10. The van der Waals surface area contributed by atoms with E-state index >= 15 is 0 Å². The van der Waals surface area contributed by atoms with Gasteiger partial charge in [0.05, 0.1) is 6.42 Å². The van der Waals surface area contributed by atoms with Crippen molar-refractivity contribution in [2.45, 2.75) is 25.2 Å². The van der Waals surface area contributed by atoms with Crippen molar-refractivity contribution in [1.82, 2.24) is 14.8 Å². The van der Waals surface area contributed by atoms with Crippen molar-refractivity contribution < 1.29 is 18.0 Å². The van der Waals surface area contributed by atoms with E-state index in [1.54, 1.807) is 0 Å². The maximum Gasteiger partial charge on any atom is 0.450 e. The highest BCUT2D eigenvalue weighted by atomic mass is 32.1. The summed E-state index contributed by atoms with van der Waals surface area (Å²) in [4.78, 5) is 20.1. The third-order valence-electron chi connectivity index (χ3n) is 4.48. The third kappa shape index (κ3) is 4.49. The first kappa shape index (κ1) is 19.0. The Hall–Kier alpha value is -1.77. The van der Waals surface area contributed by atoms with E-state index in [1.807, 2.05) is 24.3 Å². The van der Waals surface area contributed by atoms with Gasteiger partial charge in [-0.2, -0.15) is 13.2 Å². The van der Waals surface area contributed by atoms with Crippen molar-refractivity contribution in [2.75, 3.05) is 27.2 Å². The average Bonchev–Trinajstić information content (AvgIpc) is 2.98. The Morgan fingerprint density at radius 3 is 2.50 bits per heavy atom. The van der Waals surface area contributed by atoms with Crippen LogP contribution in [0.3, 0.4) is 0 Å². The molecule has 0 saturated carbocycles. The van der Waals surface area contributed by atoms with E-state index in [2.05, 4.69) is 28.9 Å². The van der Waals surface area contributed by atoms with Crippen LogP contribution in [0.2, 0.25) is 0 Å². The standard InChI is InChI=1S/C18H20F3N3OS/c1-23(2)14-10-24(11-14)9-12-3-5-13(6-4-12)17-22-8-15(26-17)7-16(25)18(19,20)21/h3-6,8,14H,7,9-11H2,1-2H3. The molecule has 140 valence electrons. The fourth-order valence-electron chi connectivity index (χ4n) is 2.79. The minimum absolute atomic E-state index is 0.321. The summed E-state index contributed by atoms with van der Waals surface area (Å²) in [6.45, 7) is 2.99. The second kappa shape index (κ2) is 7.46. The van der Waals surface area contributed by atoms with Gasteiger partial charge in [-0.05, 0) is 19.7 Å². The normalized spacial score (nSPS) is 16.1. The van der Waals surface area contributed by atoms with Gasteiger partial charge in [0.25, 0.3) is 0 Å². The van der Waals surface area contributed by atoms with Crippen molar-refractivity contribution in [1.29, 1.82) is 0 Å². The van der Waals surface area contributed by atoms with Crippen LogP contribution in [-0.2, 0) is 17.8 Å². The molecule has 1 aliphatic rings. The van der Waals surface area contributed by atoms with Gasteiger partial charge in [0, 0.05) is 42.3 Å². The molecule has 1 aliphatic heterocycles. The first-order chi connectivity index (χ1) is 12.2. The summed E-state index contributed by atoms with van der Waals surface area (Å²) in [5.74, 6) is -1.74. The molecule has 1 fully saturated rings. The second-order valence-corrected chi connectivity index (χ2v) is 7.85. The van der Waals surface area contributed by atoms with Crippen LogP contribution in [0.1, 0.15) is 10.4 Å². The first-order valence-electron chi connectivity index (χ1n) is 8.25. The largest absolute Gasteiger partial charge is 0.450 e. The number of hydrogen-bond donors (Lipinski definition) is 0. The Bertz CT molecular complexity index is 765. The van der Waals surface area contributed by atoms with Gasteiger partial charge in [0.15, 0.2) is 0 Å². The van der Waals surface area contributed by atoms with Crippen LogP contribution in [0.5, 0.6) is 0 Å². The molecule has 0 bridgehead atoms. The van der Waals surface area contributed by atoms with Gasteiger partial charge in [0.2, 0.25) is 5.78 Å². The lowest BCUT2D eigenvalue weighted by Crippen LogP contribution is -2.56. The number of rotatable bonds is 6. The van der Waals surface area contributed by atoms with Crippen molar-refractivity contribution in [2.24, 2.45) is 0 Å². The minimum atomic E-state index is -4.80. The number of likely N-dealkylation sites (N-methyl/N-ethyl adjacent to an activating group) is 1. The number of thiazole rings is 1. The Morgan fingerprint density at radius 1 is 1.27 bits per heavy atom. The first-order valence-corrected chi connectivity index (χ1v) is 9.07. The van der Waals surface area contributed by atoms with Crippen LogP contribution in [0.4, 0.5) is 13.2 Å². The molecule has 0 unspecified atom stereocenters. The highest BCUT2D eigenvalue weighted by Gasteiger charge is 2.38. The molecule has 1 saturated heterocycles. The van der Waals surface area contributed by atoms with Crippen LogP contribution in [0, 0.1) is 0 Å². The number of ketones is 1. The molecule has 1 aromatic heterocycles. The van der Waals surface area contributed by atoms with Crippen LogP contribution in [0.15, 0.2) is 30.5 Å². The number of benzene rings is 1. The predicted molar refractivity (Wildman–Crippen MR) is 95.1 cm³/mol. The number of aromatic nitrogens is 1. The SMILES string of the molecule is CN(C)C1CN(Cc2ccc(-c3ncc(CC(=O)C(F)(F)F)s3)cc2)C1. The number of nitrogens with zero attached hydrogens (tertiary/aromatic N) is 3. The number of carbonyl (C=O) groups is 1. The smallest absolute Gasteiger partial charge is 0.304 e. The Morgan fingerprint density at radius 2 is 1.92 bits per heavy atom. The fourth-order valence-corrected chi connectivity index (χ4v) is 3.71. The number of alkyl halides is 3.